The fourth-order valence-electron chi connectivity index (χ4n) is 1.87. The molecule has 1 aromatic heterocycles. The zero-order chi connectivity index (χ0) is 13.7. The lowest BCUT2D eigenvalue weighted by Gasteiger charge is -2.10. The zero-order valence-corrected chi connectivity index (χ0v) is 10.7. The Balaban J connectivity index is 2.31. The van der Waals surface area contributed by atoms with Gasteiger partial charge in [0.1, 0.15) is 0 Å². The number of aromatic carboxylic acids is 1. The van der Waals surface area contributed by atoms with Crippen molar-refractivity contribution in [3.05, 3.63) is 36.0 Å². The van der Waals surface area contributed by atoms with Crippen LogP contribution >= 0.6 is 0 Å². The number of nitrogens with zero attached hydrogens (tertiary/aromatic N) is 1. The molecule has 0 spiro atoms. The topological polar surface area (TPSA) is 71.5 Å². The molecule has 0 fully saturated rings. The van der Waals surface area contributed by atoms with Crippen molar-refractivity contribution in [1.29, 1.82) is 0 Å². The molecule has 0 bridgehead atoms. The van der Waals surface area contributed by atoms with E-state index in [4.69, 9.17) is 9.84 Å². The van der Waals surface area contributed by atoms with Gasteiger partial charge in [0.05, 0.1) is 5.52 Å². The van der Waals surface area contributed by atoms with Crippen LogP contribution in [0.2, 0.25) is 0 Å². The van der Waals surface area contributed by atoms with Gasteiger partial charge in [0.25, 0.3) is 0 Å². The van der Waals surface area contributed by atoms with Gasteiger partial charge in [-0.1, -0.05) is 18.2 Å². The Morgan fingerprint density at radius 3 is 2.95 bits per heavy atom. The van der Waals surface area contributed by atoms with Crippen molar-refractivity contribution in [3.8, 4) is 0 Å². The van der Waals surface area contributed by atoms with Gasteiger partial charge in [-0.3, -0.25) is 0 Å². The van der Waals surface area contributed by atoms with Crippen LogP contribution in [0.5, 0.6) is 0 Å². The van der Waals surface area contributed by atoms with Crippen LogP contribution in [0.3, 0.4) is 0 Å². The van der Waals surface area contributed by atoms with Gasteiger partial charge < -0.3 is 15.2 Å². The third kappa shape index (κ3) is 3.20. The number of nitrogens with one attached hydrogen (secondary N) is 1. The minimum Gasteiger partial charge on any atom is -0.477 e. The minimum atomic E-state index is -1.02. The lowest BCUT2D eigenvalue weighted by atomic mass is 10.1. The van der Waals surface area contributed by atoms with Crippen LogP contribution < -0.4 is 5.32 Å². The number of ether oxygens (including phenoxy) is 1. The predicted octanol–water partition coefficient (Wildman–Crippen LogP) is 2.38. The second kappa shape index (κ2) is 6.15. The van der Waals surface area contributed by atoms with Gasteiger partial charge in [0.2, 0.25) is 0 Å². The van der Waals surface area contributed by atoms with Crippen LogP contribution in [0.1, 0.15) is 16.9 Å². The Labute approximate surface area is 111 Å². The fourth-order valence-corrected chi connectivity index (χ4v) is 1.87. The Bertz CT molecular complexity index is 584. The first-order valence-corrected chi connectivity index (χ1v) is 6.08. The summed E-state index contributed by atoms with van der Waals surface area (Å²) in [7, 11) is 1.66. The summed E-state index contributed by atoms with van der Waals surface area (Å²) in [5, 5.41) is 13.2. The number of aromatic nitrogens is 1. The average molecular weight is 260 g/mol. The SMILES string of the molecule is COCCCNc1cc(C(=O)O)nc2ccccc12. The average Bonchev–Trinajstić information content (AvgIpc) is 2.43. The molecule has 1 aromatic carbocycles. The monoisotopic (exact) mass is 260 g/mol. The maximum Gasteiger partial charge on any atom is 0.354 e. The van der Waals surface area contributed by atoms with Gasteiger partial charge in [0.15, 0.2) is 5.69 Å². The molecule has 2 N–H and O–H groups in total. The maximum absolute atomic E-state index is 11.1. The number of pyridine rings is 1. The Morgan fingerprint density at radius 1 is 1.42 bits per heavy atom. The van der Waals surface area contributed by atoms with Crippen molar-refractivity contribution in [2.45, 2.75) is 6.42 Å². The van der Waals surface area contributed by atoms with Gasteiger partial charge >= 0.3 is 5.97 Å². The molecule has 1 heterocycles. The molecule has 0 saturated heterocycles. The summed E-state index contributed by atoms with van der Waals surface area (Å²) in [6, 6.07) is 9.05. The van der Waals surface area contributed by atoms with Crippen LogP contribution in [-0.2, 0) is 4.74 Å². The van der Waals surface area contributed by atoms with Crippen molar-refractivity contribution < 1.29 is 14.6 Å². The molecule has 0 saturated carbocycles. The molecule has 100 valence electrons. The summed E-state index contributed by atoms with van der Waals surface area (Å²) in [5.41, 5.74) is 1.52. The molecule has 0 radical (unpaired) electrons. The highest BCUT2D eigenvalue weighted by Crippen LogP contribution is 2.23. The normalized spacial score (nSPS) is 10.6. The molecule has 2 rings (SSSR count). The second-order valence-corrected chi connectivity index (χ2v) is 4.15. The molecule has 0 atom stereocenters. The highest BCUT2D eigenvalue weighted by atomic mass is 16.5. The number of carboxylic acids is 1. The summed E-state index contributed by atoms with van der Waals surface area (Å²) >= 11 is 0. The number of fused-ring (bicyclic) bond motifs is 1. The predicted molar refractivity (Wildman–Crippen MR) is 73.7 cm³/mol. The minimum absolute atomic E-state index is 0.0490. The third-order valence-electron chi connectivity index (χ3n) is 2.78. The Morgan fingerprint density at radius 2 is 2.21 bits per heavy atom. The van der Waals surface area contributed by atoms with Crippen molar-refractivity contribution in [2.75, 3.05) is 25.6 Å². The number of hydrogen-bond acceptors (Lipinski definition) is 4. The van der Waals surface area contributed by atoms with Gasteiger partial charge in [-0.25, -0.2) is 9.78 Å². The van der Waals surface area contributed by atoms with Crippen molar-refractivity contribution in [2.24, 2.45) is 0 Å². The largest absolute Gasteiger partial charge is 0.477 e. The second-order valence-electron chi connectivity index (χ2n) is 4.15. The van der Waals surface area contributed by atoms with E-state index < -0.39 is 5.97 Å². The summed E-state index contributed by atoms with van der Waals surface area (Å²) in [6.07, 6.45) is 0.857. The number of methoxy groups -OCH3 is 1. The van der Waals surface area contributed by atoms with Gasteiger partial charge in [-0.2, -0.15) is 0 Å². The number of rotatable bonds is 6. The molecule has 19 heavy (non-hydrogen) atoms. The van der Waals surface area contributed by atoms with Crippen molar-refractivity contribution >= 4 is 22.6 Å². The van der Waals surface area contributed by atoms with Crippen molar-refractivity contribution in [1.82, 2.24) is 4.98 Å². The van der Waals surface area contributed by atoms with Crippen LogP contribution in [0.4, 0.5) is 5.69 Å². The van der Waals surface area contributed by atoms with E-state index in [9.17, 15) is 4.79 Å². The molecule has 5 heteroatoms. The highest BCUT2D eigenvalue weighted by molar-refractivity contribution is 5.97. The van der Waals surface area contributed by atoms with Crippen LogP contribution in [0.15, 0.2) is 30.3 Å². The first kappa shape index (κ1) is 13.3. The smallest absolute Gasteiger partial charge is 0.354 e. The van der Waals surface area contributed by atoms with Crippen molar-refractivity contribution in [3.63, 3.8) is 0 Å². The third-order valence-corrected chi connectivity index (χ3v) is 2.78. The van der Waals surface area contributed by atoms with Gasteiger partial charge in [-0.05, 0) is 18.6 Å². The van der Waals surface area contributed by atoms with E-state index >= 15 is 0 Å². The van der Waals surface area contributed by atoms with Crippen LogP contribution in [0, 0.1) is 0 Å². The molecule has 0 aliphatic carbocycles. The Kier molecular flexibility index (Phi) is 4.30. The van der Waals surface area contributed by atoms with E-state index in [1.54, 1.807) is 13.2 Å². The van der Waals surface area contributed by atoms with E-state index in [0.717, 1.165) is 24.0 Å². The molecule has 0 aliphatic rings. The van der Waals surface area contributed by atoms with Crippen LogP contribution in [0.25, 0.3) is 10.9 Å². The number of benzene rings is 1. The molecule has 0 amide bonds. The highest BCUT2D eigenvalue weighted by Gasteiger charge is 2.10. The van der Waals surface area contributed by atoms with Gasteiger partial charge in [0, 0.05) is 31.3 Å². The molecule has 2 aromatic rings. The van der Waals surface area contributed by atoms with Gasteiger partial charge in [-0.15, -0.1) is 0 Å². The summed E-state index contributed by atoms with van der Waals surface area (Å²) in [5.74, 6) is -1.02. The van der Waals surface area contributed by atoms with Crippen LogP contribution in [-0.4, -0.2) is 36.3 Å². The molecular formula is C14H16N2O3. The molecule has 5 nitrogen and oxygen atoms in total. The number of hydrogen-bond donors (Lipinski definition) is 2. The summed E-state index contributed by atoms with van der Waals surface area (Å²) in [4.78, 5) is 15.2. The van der Waals surface area contributed by atoms with E-state index in [-0.39, 0.29) is 5.69 Å². The number of carbonyl (C=O) groups is 1. The Hall–Kier alpha value is -2.14. The lowest BCUT2D eigenvalue weighted by Crippen LogP contribution is -2.08. The zero-order valence-electron chi connectivity index (χ0n) is 10.7. The van der Waals surface area contributed by atoms with E-state index in [1.807, 2.05) is 24.3 Å². The summed E-state index contributed by atoms with van der Waals surface area (Å²) < 4.78 is 4.98. The van der Waals surface area contributed by atoms with E-state index in [0.29, 0.717) is 12.1 Å². The molecule has 0 aliphatic heterocycles. The first-order valence-electron chi connectivity index (χ1n) is 6.08. The maximum atomic E-state index is 11.1. The number of para-hydroxylation sites is 1. The number of carboxylic acid groups (broad SMARTS) is 1. The standard InChI is InChI=1S/C14H16N2O3/c1-19-8-4-7-15-12-9-13(14(17)18)16-11-6-3-2-5-10(11)12/h2-3,5-6,9H,4,7-8H2,1H3,(H,15,16)(H,17,18). The first-order chi connectivity index (χ1) is 9.22. The van der Waals surface area contributed by atoms with E-state index in [2.05, 4.69) is 10.3 Å². The van der Waals surface area contributed by atoms with E-state index in [1.165, 1.54) is 0 Å². The molecular weight excluding hydrogens is 244 g/mol. The number of anilines is 1. The molecule has 0 unspecified atom stereocenters. The quantitative estimate of drug-likeness (QED) is 0.780. The summed E-state index contributed by atoms with van der Waals surface area (Å²) in [6.45, 7) is 1.39. The lowest BCUT2D eigenvalue weighted by molar-refractivity contribution is 0.0691. The fraction of sp³-hybridized carbons (Fsp3) is 0.286.